The first kappa shape index (κ1) is 12.0. The van der Waals surface area contributed by atoms with E-state index in [1.54, 1.807) is 25.1 Å². The summed E-state index contributed by atoms with van der Waals surface area (Å²) in [6.45, 7) is 0. The Bertz CT molecular complexity index is 461. The number of ether oxygens (including phenoxy) is 1. The number of carboxylic acid groups (broad SMARTS) is 1. The number of likely N-dealkylation sites (N-methyl/N-ethyl adjacent to an activating group) is 1. The molecule has 17 heavy (non-hydrogen) atoms. The summed E-state index contributed by atoms with van der Waals surface area (Å²) in [6.07, 6.45) is 1.33. The van der Waals surface area contributed by atoms with Gasteiger partial charge < -0.3 is 14.7 Å². The normalized spacial score (nSPS) is 18.8. The van der Waals surface area contributed by atoms with Crippen molar-refractivity contribution < 1.29 is 14.6 Å². The zero-order chi connectivity index (χ0) is 12.6. The quantitative estimate of drug-likeness (QED) is 0.880. The van der Waals surface area contributed by atoms with E-state index in [4.69, 9.17) is 21.4 Å². The van der Waals surface area contributed by atoms with Crippen molar-refractivity contribution in [1.29, 1.82) is 0 Å². The third-order valence-electron chi connectivity index (χ3n) is 3.17. The molecule has 92 valence electrons. The second kappa shape index (κ2) is 4.45. The molecule has 1 aromatic carbocycles. The number of hydrogen-bond donors (Lipinski definition) is 1. The standard InChI is InChI=1S/C12H14ClNO3/c1-14-9(12(15)16)4-3-7-5-11(17-2)8(13)6-10(7)14/h5-6,9H,3-4H2,1-2H3,(H,15,16). The van der Waals surface area contributed by atoms with E-state index in [1.807, 2.05) is 6.07 Å². The number of fused-ring (bicyclic) bond motifs is 1. The average molecular weight is 256 g/mol. The molecule has 1 N–H and O–H groups in total. The minimum atomic E-state index is -0.801. The highest BCUT2D eigenvalue weighted by atomic mass is 35.5. The summed E-state index contributed by atoms with van der Waals surface area (Å²) < 4.78 is 5.15. The molecule has 0 fully saturated rings. The molecule has 0 spiro atoms. The van der Waals surface area contributed by atoms with Gasteiger partial charge in [-0.1, -0.05) is 11.6 Å². The van der Waals surface area contributed by atoms with E-state index in [-0.39, 0.29) is 0 Å². The molecule has 0 saturated carbocycles. The van der Waals surface area contributed by atoms with Crippen LogP contribution in [0.5, 0.6) is 5.75 Å². The molecule has 2 rings (SSSR count). The molecule has 0 aromatic heterocycles. The zero-order valence-electron chi connectivity index (χ0n) is 9.74. The first-order valence-corrected chi connectivity index (χ1v) is 5.74. The van der Waals surface area contributed by atoms with E-state index in [0.29, 0.717) is 17.2 Å². The van der Waals surface area contributed by atoms with Crippen LogP contribution >= 0.6 is 11.6 Å². The maximum atomic E-state index is 11.1. The van der Waals surface area contributed by atoms with Crippen molar-refractivity contribution in [3.05, 3.63) is 22.7 Å². The Kier molecular flexibility index (Phi) is 3.15. The van der Waals surface area contributed by atoms with Crippen LogP contribution in [0.15, 0.2) is 12.1 Å². The first-order chi connectivity index (χ1) is 8.04. The largest absolute Gasteiger partial charge is 0.495 e. The molecule has 0 radical (unpaired) electrons. The number of rotatable bonds is 2. The summed E-state index contributed by atoms with van der Waals surface area (Å²) in [4.78, 5) is 12.8. The predicted octanol–water partition coefficient (Wildman–Crippen LogP) is 2.18. The number of aliphatic carboxylic acids is 1. The molecule has 1 atom stereocenters. The van der Waals surface area contributed by atoms with Gasteiger partial charge in [0.1, 0.15) is 11.8 Å². The van der Waals surface area contributed by atoms with Crippen molar-refractivity contribution in [3.8, 4) is 5.75 Å². The third-order valence-corrected chi connectivity index (χ3v) is 3.47. The Morgan fingerprint density at radius 3 is 2.88 bits per heavy atom. The molecule has 1 aliphatic rings. The zero-order valence-corrected chi connectivity index (χ0v) is 10.5. The maximum Gasteiger partial charge on any atom is 0.326 e. The second-order valence-electron chi connectivity index (χ2n) is 4.12. The number of anilines is 1. The van der Waals surface area contributed by atoms with Gasteiger partial charge in [-0.3, -0.25) is 0 Å². The number of carboxylic acids is 1. The molecule has 1 unspecified atom stereocenters. The van der Waals surface area contributed by atoms with Crippen molar-refractivity contribution in [2.45, 2.75) is 18.9 Å². The van der Waals surface area contributed by atoms with Crippen molar-refractivity contribution in [3.63, 3.8) is 0 Å². The lowest BCUT2D eigenvalue weighted by Crippen LogP contribution is -2.41. The molecule has 0 aliphatic carbocycles. The topological polar surface area (TPSA) is 49.8 Å². The Labute approximate surface area is 105 Å². The minimum absolute atomic E-state index is 0.480. The van der Waals surface area contributed by atoms with Crippen LogP contribution in [0.4, 0.5) is 5.69 Å². The number of nitrogens with zero attached hydrogens (tertiary/aromatic N) is 1. The highest BCUT2D eigenvalue weighted by molar-refractivity contribution is 6.32. The summed E-state index contributed by atoms with van der Waals surface area (Å²) in [5, 5.41) is 9.61. The van der Waals surface area contributed by atoms with E-state index < -0.39 is 12.0 Å². The highest BCUT2D eigenvalue weighted by Crippen LogP contribution is 2.37. The molecule has 1 heterocycles. The highest BCUT2D eigenvalue weighted by Gasteiger charge is 2.29. The van der Waals surface area contributed by atoms with E-state index in [9.17, 15) is 4.79 Å². The fourth-order valence-electron chi connectivity index (χ4n) is 2.21. The Hall–Kier alpha value is -1.42. The first-order valence-electron chi connectivity index (χ1n) is 5.36. The minimum Gasteiger partial charge on any atom is -0.495 e. The van der Waals surface area contributed by atoms with Crippen molar-refractivity contribution in [2.24, 2.45) is 0 Å². The molecule has 0 saturated heterocycles. The monoisotopic (exact) mass is 255 g/mol. The Morgan fingerprint density at radius 2 is 2.29 bits per heavy atom. The number of halogens is 1. The molecular formula is C12H14ClNO3. The Morgan fingerprint density at radius 1 is 1.59 bits per heavy atom. The van der Waals surface area contributed by atoms with Gasteiger partial charge in [0.25, 0.3) is 0 Å². The number of aryl methyl sites for hydroxylation is 1. The van der Waals surface area contributed by atoms with Crippen LogP contribution in [0.3, 0.4) is 0 Å². The predicted molar refractivity (Wildman–Crippen MR) is 66.2 cm³/mol. The van der Waals surface area contributed by atoms with E-state index in [1.165, 1.54) is 0 Å². The van der Waals surface area contributed by atoms with Crippen LogP contribution in [-0.2, 0) is 11.2 Å². The van der Waals surface area contributed by atoms with Crippen molar-refractivity contribution in [2.75, 3.05) is 19.1 Å². The molecule has 0 amide bonds. The Balaban J connectivity index is 2.43. The second-order valence-corrected chi connectivity index (χ2v) is 4.53. The van der Waals surface area contributed by atoms with Gasteiger partial charge >= 0.3 is 5.97 Å². The number of hydrogen-bond acceptors (Lipinski definition) is 3. The average Bonchev–Trinajstić information content (AvgIpc) is 2.29. The molecule has 5 heteroatoms. The van der Waals surface area contributed by atoms with Gasteiger partial charge in [-0.25, -0.2) is 4.79 Å². The van der Waals surface area contributed by atoms with E-state index in [2.05, 4.69) is 0 Å². The van der Waals surface area contributed by atoms with E-state index in [0.717, 1.165) is 17.7 Å². The van der Waals surface area contributed by atoms with Crippen LogP contribution in [0.1, 0.15) is 12.0 Å². The summed E-state index contributed by atoms with van der Waals surface area (Å²) in [5.41, 5.74) is 1.95. The lowest BCUT2D eigenvalue weighted by Gasteiger charge is -2.33. The molecule has 0 bridgehead atoms. The van der Waals surface area contributed by atoms with Gasteiger partial charge in [0, 0.05) is 12.7 Å². The van der Waals surface area contributed by atoms with Crippen LogP contribution in [0.2, 0.25) is 5.02 Å². The van der Waals surface area contributed by atoms with Crippen LogP contribution in [0.25, 0.3) is 0 Å². The van der Waals surface area contributed by atoms with Gasteiger partial charge in [-0.15, -0.1) is 0 Å². The lowest BCUT2D eigenvalue weighted by atomic mass is 9.96. The van der Waals surface area contributed by atoms with Crippen molar-refractivity contribution in [1.82, 2.24) is 0 Å². The van der Waals surface area contributed by atoms with Crippen LogP contribution in [0, 0.1) is 0 Å². The number of carbonyl (C=O) groups is 1. The van der Waals surface area contributed by atoms with Gasteiger partial charge in [0.05, 0.1) is 12.1 Å². The van der Waals surface area contributed by atoms with Gasteiger partial charge in [-0.2, -0.15) is 0 Å². The van der Waals surface area contributed by atoms with Crippen LogP contribution < -0.4 is 9.64 Å². The number of methoxy groups -OCH3 is 1. The fourth-order valence-corrected chi connectivity index (χ4v) is 2.45. The van der Waals surface area contributed by atoms with E-state index >= 15 is 0 Å². The fraction of sp³-hybridized carbons (Fsp3) is 0.417. The lowest BCUT2D eigenvalue weighted by molar-refractivity contribution is -0.138. The molecule has 1 aromatic rings. The van der Waals surface area contributed by atoms with Gasteiger partial charge in [0.2, 0.25) is 0 Å². The van der Waals surface area contributed by atoms with Gasteiger partial charge in [-0.05, 0) is 30.5 Å². The SMILES string of the molecule is COc1cc2c(cc1Cl)N(C)C(C(=O)O)CC2. The third kappa shape index (κ3) is 2.05. The molecule has 1 aliphatic heterocycles. The summed E-state index contributed by atoms with van der Waals surface area (Å²) in [7, 11) is 3.35. The number of benzene rings is 1. The maximum absolute atomic E-state index is 11.1. The smallest absolute Gasteiger partial charge is 0.326 e. The molecular weight excluding hydrogens is 242 g/mol. The summed E-state index contributed by atoms with van der Waals surface area (Å²) >= 11 is 6.05. The summed E-state index contributed by atoms with van der Waals surface area (Å²) in [5.74, 6) is -0.169. The summed E-state index contributed by atoms with van der Waals surface area (Å²) in [6, 6.07) is 3.17. The van der Waals surface area contributed by atoms with Crippen molar-refractivity contribution >= 4 is 23.3 Å². The van der Waals surface area contributed by atoms with Gasteiger partial charge in [0.15, 0.2) is 0 Å². The molecule has 4 nitrogen and oxygen atoms in total. The van der Waals surface area contributed by atoms with Crippen LogP contribution in [-0.4, -0.2) is 31.3 Å².